The molecule has 7 rings (SSSR count). The minimum atomic E-state index is -0.957. The minimum absolute atomic E-state index is 0.242. The van der Waals surface area contributed by atoms with Crippen LogP contribution in [0.5, 0.6) is 0 Å². The van der Waals surface area contributed by atoms with E-state index in [0.29, 0.717) is 43.1 Å². The van der Waals surface area contributed by atoms with E-state index >= 15 is 0 Å². The molecule has 2 aliphatic heterocycles. The zero-order valence-corrected chi connectivity index (χ0v) is 25.7. The fourth-order valence-corrected chi connectivity index (χ4v) is 6.84. The van der Waals surface area contributed by atoms with Crippen LogP contribution in [0.2, 0.25) is 0 Å². The van der Waals surface area contributed by atoms with Crippen LogP contribution in [0.3, 0.4) is 0 Å². The van der Waals surface area contributed by atoms with Gasteiger partial charge < -0.3 is 19.1 Å². The quantitative estimate of drug-likeness (QED) is 0.248. The van der Waals surface area contributed by atoms with Crippen molar-refractivity contribution < 1.29 is 14.3 Å². The van der Waals surface area contributed by atoms with Crippen LogP contribution in [-0.4, -0.2) is 59.7 Å². The van der Waals surface area contributed by atoms with Gasteiger partial charge in [-0.1, -0.05) is 6.07 Å². The van der Waals surface area contributed by atoms with Crippen LogP contribution in [0, 0.1) is 17.1 Å². The summed E-state index contributed by atoms with van der Waals surface area (Å²) in [6, 6.07) is 16.4. The molecule has 1 N–H and O–H groups in total. The number of imidazole rings is 2. The summed E-state index contributed by atoms with van der Waals surface area (Å²) < 4.78 is 19.0. The van der Waals surface area contributed by atoms with E-state index in [1.54, 1.807) is 24.3 Å². The monoisotopic (exact) mass is 618 g/mol. The molecule has 1 saturated heterocycles. The van der Waals surface area contributed by atoms with E-state index in [2.05, 4.69) is 43.0 Å². The van der Waals surface area contributed by atoms with Crippen molar-refractivity contribution in [3.05, 3.63) is 106 Å². The molecular formula is C35H35FN8O2. The number of rotatable bonds is 8. The predicted octanol–water partition coefficient (Wildman–Crippen LogP) is 5.35. The lowest BCUT2D eigenvalue weighted by molar-refractivity contribution is 0.0697. The maximum atomic E-state index is 14.8. The first-order chi connectivity index (χ1) is 22.4. The minimum Gasteiger partial charge on any atom is -0.478 e. The Morgan fingerprint density at radius 2 is 1.93 bits per heavy atom. The molecule has 5 aromatic rings. The fraction of sp³-hybridized carbons (Fsp3) is 0.343. The van der Waals surface area contributed by atoms with Crippen molar-refractivity contribution in [1.29, 1.82) is 5.26 Å². The number of pyridine rings is 1. The molecule has 0 atom stereocenters. The second-order valence-electron chi connectivity index (χ2n) is 12.1. The molecule has 5 heterocycles. The number of halogens is 1. The highest BCUT2D eigenvalue weighted by Crippen LogP contribution is 2.31. The summed E-state index contributed by atoms with van der Waals surface area (Å²) in [6.07, 6.45) is 6.26. The first-order valence-corrected chi connectivity index (χ1v) is 15.8. The normalized spacial score (nSPS) is 15.6. The highest BCUT2D eigenvalue weighted by Gasteiger charge is 2.26. The first-order valence-electron chi connectivity index (χ1n) is 15.8. The van der Waals surface area contributed by atoms with Gasteiger partial charge in [-0.25, -0.2) is 24.1 Å². The fourth-order valence-electron chi connectivity index (χ4n) is 6.84. The van der Waals surface area contributed by atoms with Crippen molar-refractivity contribution in [2.45, 2.75) is 58.3 Å². The standard InChI is InChI=1S/C35H35FN8O2/c1-2-42-22-38-18-27(42)19-44-32-16-26(35(45)46)6-7-31(32)40-34(44)21-41-11-8-24(9-12-41)30-4-3-5-33(39-30)43-13-10-25-14-23(17-37)15-29(36)28(25)20-43/h3-7,14-16,18,22,24H,2,8-13,19-21H2,1H3,(H,45,46). The number of hydrogen-bond acceptors (Lipinski definition) is 7. The van der Waals surface area contributed by atoms with Gasteiger partial charge in [0.15, 0.2) is 0 Å². The van der Waals surface area contributed by atoms with E-state index in [0.717, 1.165) is 78.6 Å². The Bertz CT molecular complexity index is 1970. The van der Waals surface area contributed by atoms with Gasteiger partial charge in [-0.15, -0.1) is 0 Å². The van der Waals surface area contributed by atoms with Gasteiger partial charge >= 0.3 is 5.97 Å². The van der Waals surface area contributed by atoms with Crippen LogP contribution < -0.4 is 4.90 Å². The number of likely N-dealkylation sites (tertiary alicyclic amines) is 1. The Morgan fingerprint density at radius 1 is 1.09 bits per heavy atom. The Balaban J connectivity index is 1.06. The molecule has 0 bridgehead atoms. The Kier molecular flexibility index (Phi) is 7.96. The molecule has 1 fully saturated rings. The molecule has 3 aromatic heterocycles. The van der Waals surface area contributed by atoms with Crippen LogP contribution in [0.25, 0.3) is 11.0 Å². The number of nitrogens with zero attached hydrogens (tertiary/aromatic N) is 8. The van der Waals surface area contributed by atoms with Crippen molar-refractivity contribution in [1.82, 2.24) is 29.0 Å². The SMILES string of the molecule is CCn1cncc1Cn1c(CN2CCC(c3cccc(N4CCc5cc(C#N)cc(F)c5C4)n3)CC2)nc2ccc(C(=O)O)cc21. The molecule has 234 valence electrons. The molecule has 10 nitrogen and oxygen atoms in total. The second-order valence-corrected chi connectivity index (χ2v) is 12.1. The maximum absolute atomic E-state index is 14.8. The number of benzene rings is 2. The van der Waals surface area contributed by atoms with Gasteiger partial charge in [-0.05, 0) is 87.3 Å². The summed E-state index contributed by atoms with van der Waals surface area (Å²) in [7, 11) is 0. The topological polar surface area (TPSA) is 116 Å². The summed E-state index contributed by atoms with van der Waals surface area (Å²) in [6.45, 7) is 7.02. The number of nitriles is 1. The predicted molar refractivity (Wildman–Crippen MR) is 171 cm³/mol. The zero-order chi connectivity index (χ0) is 31.8. The number of carbonyl (C=O) groups is 1. The molecule has 0 saturated carbocycles. The largest absolute Gasteiger partial charge is 0.478 e. The van der Waals surface area contributed by atoms with Crippen LogP contribution in [-0.2, 0) is 32.6 Å². The van der Waals surface area contributed by atoms with Gasteiger partial charge in [0.25, 0.3) is 0 Å². The smallest absolute Gasteiger partial charge is 0.335 e. The van der Waals surface area contributed by atoms with E-state index in [4.69, 9.17) is 9.97 Å². The maximum Gasteiger partial charge on any atom is 0.335 e. The third-order valence-corrected chi connectivity index (χ3v) is 9.40. The summed E-state index contributed by atoms with van der Waals surface area (Å²) in [5, 5.41) is 18.8. The van der Waals surface area contributed by atoms with E-state index in [9.17, 15) is 19.6 Å². The van der Waals surface area contributed by atoms with Crippen LogP contribution >= 0.6 is 0 Å². The first kappa shape index (κ1) is 29.6. The van der Waals surface area contributed by atoms with E-state index in [1.165, 1.54) is 6.07 Å². The summed E-state index contributed by atoms with van der Waals surface area (Å²) in [5.41, 5.74) is 5.85. The number of piperidine rings is 1. The molecule has 0 radical (unpaired) electrons. The number of anilines is 1. The lowest BCUT2D eigenvalue weighted by Gasteiger charge is -2.33. The molecule has 2 aliphatic rings. The lowest BCUT2D eigenvalue weighted by atomic mass is 9.93. The number of fused-ring (bicyclic) bond motifs is 2. The van der Waals surface area contributed by atoms with Gasteiger partial charge in [0.1, 0.15) is 17.5 Å². The molecule has 0 unspecified atom stereocenters. The van der Waals surface area contributed by atoms with Gasteiger partial charge in [-0.3, -0.25) is 4.90 Å². The third kappa shape index (κ3) is 5.72. The Morgan fingerprint density at radius 3 is 2.72 bits per heavy atom. The number of aryl methyl sites for hydroxylation is 1. The molecule has 0 amide bonds. The summed E-state index contributed by atoms with van der Waals surface area (Å²) in [5.74, 6) is 0.795. The zero-order valence-electron chi connectivity index (χ0n) is 25.7. The number of carboxylic acids is 1. The lowest BCUT2D eigenvalue weighted by Crippen LogP contribution is -2.34. The molecule has 0 aliphatic carbocycles. The second kappa shape index (κ2) is 12.4. The number of carboxylic acid groups (broad SMARTS) is 1. The highest BCUT2D eigenvalue weighted by atomic mass is 19.1. The van der Waals surface area contributed by atoms with Gasteiger partial charge in [0.2, 0.25) is 0 Å². The van der Waals surface area contributed by atoms with Crippen LogP contribution in [0.15, 0.2) is 61.1 Å². The van der Waals surface area contributed by atoms with Crippen molar-refractivity contribution in [3.8, 4) is 6.07 Å². The summed E-state index contributed by atoms with van der Waals surface area (Å²) >= 11 is 0. The molecule has 46 heavy (non-hydrogen) atoms. The molecular weight excluding hydrogens is 583 g/mol. The van der Waals surface area contributed by atoms with Crippen molar-refractivity contribution in [2.24, 2.45) is 0 Å². The number of hydrogen-bond donors (Lipinski definition) is 1. The Hall–Kier alpha value is -5.08. The van der Waals surface area contributed by atoms with Crippen molar-refractivity contribution in [2.75, 3.05) is 24.5 Å². The van der Waals surface area contributed by atoms with E-state index in [1.807, 2.05) is 24.7 Å². The van der Waals surface area contributed by atoms with Gasteiger partial charge in [0, 0.05) is 43.0 Å². The van der Waals surface area contributed by atoms with Gasteiger partial charge in [-0.2, -0.15) is 5.26 Å². The average Bonchev–Trinajstić information content (AvgIpc) is 3.68. The average molecular weight is 619 g/mol. The molecule has 2 aromatic carbocycles. The number of aromatic carboxylic acids is 1. The van der Waals surface area contributed by atoms with Crippen LogP contribution in [0.4, 0.5) is 10.2 Å². The van der Waals surface area contributed by atoms with E-state index in [-0.39, 0.29) is 11.4 Å². The highest BCUT2D eigenvalue weighted by molar-refractivity contribution is 5.92. The molecule has 11 heteroatoms. The summed E-state index contributed by atoms with van der Waals surface area (Å²) in [4.78, 5) is 30.6. The molecule has 0 spiro atoms. The number of aromatic nitrogens is 5. The van der Waals surface area contributed by atoms with Gasteiger partial charge in [0.05, 0.1) is 53.3 Å². The van der Waals surface area contributed by atoms with Crippen LogP contribution in [0.1, 0.15) is 69.9 Å². The van der Waals surface area contributed by atoms with E-state index < -0.39 is 5.97 Å². The van der Waals surface area contributed by atoms with Crippen molar-refractivity contribution in [3.63, 3.8) is 0 Å². The van der Waals surface area contributed by atoms with Crippen molar-refractivity contribution >= 4 is 22.8 Å². The Labute approximate surface area is 266 Å². The third-order valence-electron chi connectivity index (χ3n) is 9.40.